The molecule has 60 valence electrons. The number of aromatic nitrogens is 2. The second-order valence-electron chi connectivity index (χ2n) is 2.10. The van der Waals surface area contributed by atoms with E-state index in [0.29, 0.717) is 0 Å². The van der Waals surface area contributed by atoms with Crippen molar-refractivity contribution < 1.29 is 4.79 Å². The number of nitrogens with two attached hydrogens (primary N) is 1. The lowest BCUT2D eigenvalue weighted by Crippen LogP contribution is -2.13. The molecule has 0 aliphatic heterocycles. The maximum atomic E-state index is 10.6. The Labute approximate surface area is 69.0 Å². The van der Waals surface area contributed by atoms with Crippen LogP contribution in [0.2, 0.25) is 0 Å². The highest BCUT2D eigenvalue weighted by Crippen LogP contribution is 2.05. The van der Waals surface area contributed by atoms with E-state index in [1.54, 1.807) is 6.07 Å². The van der Waals surface area contributed by atoms with Gasteiger partial charge in [0, 0.05) is 11.8 Å². The van der Waals surface area contributed by atoms with Gasteiger partial charge < -0.3 is 5.73 Å². The quantitative estimate of drug-likeness (QED) is 0.710. The summed E-state index contributed by atoms with van der Waals surface area (Å²) in [6, 6.07) is 1.58. The largest absolute Gasteiger partial charge is 0.364 e. The number of carbonyl (C=O) groups excluding carboxylic acids is 1. The zero-order valence-corrected chi connectivity index (χ0v) is 6.80. The van der Waals surface area contributed by atoms with E-state index in [0.717, 1.165) is 16.3 Å². The fraction of sp³-hybridized carbons (Fsp3) is 0.333. The summed E-state index contributed by atoms with van der Waals surface area (Å²) in [7, 11) is 0. The average molecular weight is 174 g/mol. The van der Waals surface area contributed by atoms with E-state index in [1.807, 2.05) is 6.92 Å². The number of rotatable bonds is 2. The molecule has 1 amide bonds. The molecule has 0 fully saturated rings. The Hall–Kier alpha value is -1.03. The average Bonchev–Trinajstić information content (AvgIpc) is 2.30. The highest BCUT2D eigenvalue weighted by atomic mass is 35.5. The van der Waals surface area contributed by atoms with Crippen LogP contribution in [0.3, 0.4) is 0 Å². The molecule has 4 nitrogen and oxygen atoms in total. The number of primary amides is 1. The van der Waals surface area contributed by atoms with Gasteiger partial charge in [0.25, 0.3) is 5.91 Å². The van der Waals surface area contributed by atoms with Crippen LogP contribution in [0.5, 0.6) is 0 Å². The van der Waals surface area contributed by atoms with Crippen molar-refractivity contribution in [3.8, 4) is 0 Å². The van der Waals surface area contributed by atoms with E-state index in [9.17, 15) is 4.79 Å². The molecule has 0 bridgehead atoms. The minimum Gasteiger partial charge on any atom is -0.364 e. The van der Waals surface area contributed by atoms with Gasteiger partial charge in [0.05, 0.1) is 5.69 Å². The number of hydrogen-bond donors (Lipinski definition) is 1. The molecular weight excluding hydrogens is 166 g/mol. The Morgan fingerprint density at radius 2 is 2.55 bits per heavy atom. The summed E-state index contributed by atoms with van der Waals surface area (Å²) in [4.78, 5) is 10.6. The summed E-state index contributed by atoms with van der Waals surface area (Å²) in [5, 5.41) is 3.83. The third kappa shape index (κ3) is 1.51. The number of carbonyl (C=O) groups is 1. The van der Waals surface area contributed by atoms with E-state index in [1.165, 1.54) is 0 Å². The number of halogens is 1. The van der Waals surface area contributed by atoms with Gasteiger partial charge in [-0.25, -0.2) is 0 Å². The van der Waals surface area contributed by atoms with Gasteiger partial charge in [0.2, 0.25) is 0 Å². The monoisotopic (exact) mass is 173 g/mol. The van der Waals surface area contributed by atoms with Crippen LogP contribution >= 0.6 is 11.8 Å². The second kappa shape index (κ2) is 2.92. The van der Waals surface area contributed by atoms with Crippen molar-refractivity contribution in [1.29, 1.82) is 0 Å². The van der Waals surface area contributed by atoms with E-state index in [4.69, 9.17) is 17.5 Å². The summed E-state index contributed by atoms with van der Waals surface area (Å²) >= 11 is 5.52. The van der Waals surface area contributed by atoms with Crippen molar-refractivity contribution in [3.63, 3.8) is 0 Å². The maximum Gasteiger partial charge on any atom is 0.268 e. The molecule has 0 aliphatic rings. The zero-order valence-electron chi connectivity index (χ0n) is 6.04. The molecule has 0 aliphatic carbocycles. The summed E-state index contributed by atoms with van der Waals surface area (Å²) in [5.74, 6) is -0.563. The van der Waals surface area contributed by atoms with Crippen molar-refractivity contribution in [1.82, 2.24) is 9.30 Å². The first kappa shape index (κ1) is 8.07. The Morgan fingerprint density at radius 1 is 1.91 bits per heavy atom. The number of hydrogen-bond acceptors (Lipinski definition) is 2. The molecule has 11 heavy (non-hydrogen) atoms. The molecular formula is C6H8ClN3O. The highest BCUT2D eigenvalue weighted by Gasteiger charge is 2.09. The third-order valence-corrected chi connectivity index (χ3v) is 1.59. The molecule has 0 saturated carbocycles. The van der Waals surface area contributed by atoms with Crippen LogP contribution in [0.1, 0.15) is 23.1 Å². The van der Waals surface area contributed by atoms with Crippen LogP contribution < -0.4 is 5.73 Å². The molecule has 1 rings (SSSR count). The number of amides is 1. The lowest BCUT2D eigenvalue weighted by Gasteiger charge is -1.88. The molecule has 5 heteroatoms. The van der Waals surface area contributed by atoms with Crippen LogP contribution in [0, 0.1) is 0 Å². The van der Waals surface area contributed by atoms with Gasteiger partial charge in [-0.1, -0.05) is 6.92 Å². The molecule has 0 radical (unpaired) electrons. The predicted octanol–water partition coefficient (Wildman–Crippen LogP) is 0.546. The summed E-state index contributed by atoms with van der Waals surface area (Å²) in [5.41, 5.74) is 5.98. The Kier molecular flexibility index (Phi) is 2.14. The minimum absolute atomic E-state index is 0.225. The van der Waals surface area contributed by atoms with Gasteiger partial charge in [-0.05, 0) is 12.5 Å². The van der Waals surface area contributed by atoms with Crippen LogP contribution in [0.4, 0.5) is 0 Å². The minimum atomic E-state index is -0.563. The summed E-state index contributed by atoms with van der Waals surface area (Å²) in [6.45, 7) is 1.92. The lowest BCUT2D eigenvalue weighted by molar-refractivity contribution is 0.0994. The first-order valence-electron chi connectivity index (χ1n) is 3.20. The van der Waals surface area contributed by atoms with Crippen molar-refractivity contribution in [3.05, 3.63) is 17.5 Å². The molecule has 1 aromatic rings. The Bertz CT molecular complexity index is 281. The Balaban J connectivity index is 3.07. The zero-order chi connectivity index (χ0) is 8.43. The van der Waals surface area contributed by atoms with E-state index in [-0.39, 0.29) is 5.69 Å². The van der Waals surface area contributed by atoms with Crippen molar-refractivity contribution >= 4 is 17.7 Å². The third-order valence-electron chi connectivity index (χ3n) is 1.33. The Morgan fingerprint density at radius 3 is 2.82 bits per heavy atom. The highest BCUT2D eigenvalue weighted by molar-refractivity contribution is 6.17. The maximum absolute atomic E-state index is 10.6. The fourth-order valence-electron chi connectivity index (χ4n) is 0.741. The normalized spacial score (nSPS) is 10.0. The van der Waals surface area contributed by atoms with Crippen molar-refractivity contribution in [2.24, 2.45) is 5.73 Å². The molecule has 2 N–H and O–H groups in total. The fourth-order valence-corrected chi connectivity index (χ4v) is 0.971. The SMILES string of the molecule is CCc1cc(C(N)=O)n(Cl)n1. The lowest BCUT2D eigenvalue weighted by atomic mass is 10.3. The smallest absolute Gasteiger partial charge is 0.268 e. The second-order valence-corrected chi connectivity index (χ2v) is 2.42. The molecule has 1 aromatic heterocycles. The van der Waals surface area contributed by atoms with Gasteiger partial charge >= 0.3 is 0 Å². The van der Waals surface area contributed by atoms with Crippen molar-refractivity contribution in [2.45, 2.75) is 13.3 Å². The molecule has 0 saturated heterocycles. The molecule has 0 aromatic carbocycles. The van der Waals surface area contributed by atoms with Gasteiger partial charge in [-0.2, -0.15) is 9.30 Å². The predicted molar refractivity (Wildman–Crippen MR) is 41.4 cm³/mol. The van der Waals surface area contributed by atoms with E-state index in [2.05, 4.69) is 5.10 Å². The van der Waals surface area contributed by atoms with Gasteiger partial charge in [0.1, 0.15) is 5.69 Å². The molecule has 0 atom stereocenters. The van der Waals surface area contributed by atoms with Crippen LogP contribution in [-0.4, -0.2) is 15.2 Å². The number of nitrogens with zero attached hydrogens (tertiary/aromatic N) is 2. The van der Waals surface area contributed by atoms with Gasteiger partial charge in [-0.3, -0.25) is 4.79 Å². The molecule has 0 unspecified atom stereocenters. The van der Waals surface area contributed by atoms with Crippen LogP contribution in [0.25, 0.3) is 0 Å². The topological polar surface area (TPSA) is 60.9 Å². The van der Waals surface area contributed by atoms with Gasteiger partial charge in [-0.15, -0.1) is 0 Å². The molecule has 0 spiro atoms. The standard InChI is InChI=1S/C6H8ClN3O/c1-2-4-3-5(6(8)11)10(7)9-4/h3H,2H2,1H3,(H2,8,11). The summed E-state index contributed by atoms with van der Waals surface area (Å²) in [6.07, 6.45) is 0.736. The van der Waals surface area contributed by atoms with Crippen molar-refractivity contribution in [2.75, 3.05) is 0 Å². The van der Waals surface area contributed by atoms with E-state index < -0.39 is 5.91 Å². The first-order chi connectivity index (χ1) is 5.15. The summed E-state index contributed by atoms with van der Waals surface area (Å²) < 4.78 is 0.973. The van der Waals surface area contributed by atoms with E-state index >= 15 is 0 Å². The van der Waals surface area contributed by atoms with Crippen LogP contribution in [0.15, 0.2) is 6.07 Å². The molecule has 1 heterocycles. The van der Waals surface area contributed by atoms with Gasteiger partial charge in [0.15, 0.2) is 0 Å². The number of aryl methyl sites for hydroxylation is 1. The first-order valence-corrected chi connectivity index (χ1v) is 3.54. The van der Waals surface area contributed by atoms with Crippen LogP contribution in [-0.2, 0) is 6.42 Å².